The summed E-state index contributed by atoms with van der Waals surface area (Å²) in [4.78, 5) is 27.5. The van der Waals surface area contributed by atoms with Crippen molar-refractivity contribution in [2.24, 2.45) is 5.92 Å². The molecule has 1 aromatic rings. The van der Waals surface area contributed by atoms with E-state index in [1.54, 1.807) is 30.2 Å². The number of methoxy groups -OCH3 is 2. The van der Waals surface area contributed by atoms with Gasteiger partial charge < -0.3 is 19.7 Å². The molecule has 1 saturated carbocycles. The smallest absolute Gasteiger partial charge is 0.244 e. The van der Waals surface area contributed by atoms with Crippen molar-refractivity contribution in [3.8, 4) is 17.6 Å². The molecule has 1 saturated heterocycles. The molecule has 1 heterocycles. The predicted molar refractivity (Wildman–Crippen MR) is 121 cm³/mol. The van der Waals surface area contributed by atoms with Crippen LogP contribution in [0.25, 0.3) is 0 Å². The average molecular weight is 442 g/mol. The molecule has 0 radical (unpaired) electrons. The van der Waals surface area contributed by atoms with Crippen LogP contribution < -0.4 is 14.8 Å². The molecule has 3 rings (SSSR count). The maximum atomic E-state index is 13.0. The number of likely N-dealkylation sites (tertiary alicyclic amines) is 1. The van der Waals surface area contributed by atoms with E-state index in [0.717, 1.165) is 25.2 Å². The van der Waals surface area contributed by atoms with Crippen LogP contribution in [0.2, 0.25) is 0 Å². The van der Waals surface area contributed by atoms with Crippen LogP contribution in [-0.2, 0) is 9.59 Å². The zero-order valence-corrected chi connectivity index (χ0v) is 19.3. The summed E-state index contributed by atoms with van der Waals surface area (Å²) in [7, 11) is 3.07. The fourth-order valence-corrected chi connectivity index (χ4v) is 4.96. The van der Waals surface area contributed by atoms with Crippen LogP contribution in [0.5, 0.6) is 11.5 Å². The van der Waals surface area contributed by atoms with E-state index in [1.165, 1.54) is 39.2 Å². The summed E-state index contributed by atoms with van der Waals surface area (Å²) >= 11 is 0. The Kier molecular flexibility index (Phi) is 8.78. The molecule has 32 heavy (non-hydrogen) atoms. The number of benzene rings is 1. The zero-order valence-electron chi connectivity index (χ0n) is 19.3. The summed E-state index contributed by atoms with van der Waals surface area (Å²) in [6, 6.07) is 5.95. The van der Waals surface area contributed by atoms with Gasteiger partial charge in [-0.1, -0.05) is 38.2 Å². The van der Waals surface area contributed by atoms with Crippen LogP contribution in [0.15, 0.2) is 18.2 Å². The predicted octanol–water partition coefficient (Wildman–Crippen LogP) is 4.13. The Hall–Kier alpha value is -2.75. The zero-order chi connectivity index (χ0) is 22.9. The van der Waals surface area contributed by atoms with Crippen LogP contribution in [0.4, 0.5) is 0 Å². The summed E-state index contributed by atoms with van der Waals surface area (Å²) in [5.41, 5.74) is 0.613. The molecule has 1 N–H and O–H groups in total. The van der Waals surface area contributed by atoms with E-state index in [1.807, 2.05) is 0 Å². The number of carbonyl (C=O) groups is 2. The number of carbonyl (C=O) groups excluding carboxylic acids is 2. The maximum absolute atomic E-state index is 13.0. The van der Waals surface area contributed by atoms with Crippen LogP contribution in [0.3, 0.4) is 0 Å². The first-order valence-electron chi connectivity index (χ1n) is 11.8. The number of nitriles is 1. The maximum Gasteiger partial charge on any atom is 0.244 e. The first-order chi connectivity index (χ1) is 15.6. The summed E-state index contributed by atoms with van der Waals surface area (Å²) in [6.45, 7) is 0.605. The molecule has 2 amide bonds. The van der Waals surface area contributed by atoms with Gasteiger partial charge in [0.15, 0.2) is 11.5 Å². The summed E-state index contributed by atoms with van der Waals surface area (Å²) < 4.78 is 10.5. The van der Waals surface area contributed by atoms with Crippen LogP contribution in [0.1, 0.15) is 75.8 Å². The molecule has 1 aromatic carbocycles. The highest BCUT2D eigenvalue weighted by atomic mass is 16.5. The summed E-state index contributed by atoms with van der Waals surface area (Å²) in [6.07, 6.45) is 10.5. The van der Waals surface area contributed by atoms with Gasteiger partial charge in [-0.05, 0) is 49.3 Å². The molecule has 1 aliphatic heterocycles. The molecule has 0 spiro atoms. The van der Waals surface area contributed by atoms with Crippen molar-refractivity contribution in [2.45, 2.75) is 76.3 Å². The normalized spacial score (nSPS) is 19.8. The Morgan fingerprint density at radius 2 is 1.88 bits per heavy atom. The number of hydrogen-bond acceptors (Lipinski definition) is 5. The van der Waals surface area contributed by atoms with Gasteiger partial charge in [0.25, 0.3) is 0 Å². The molecule has 7 nitrogen and oxygen atoms in total. The molecule has 2 fully saturated rings. The fraction of sp³-hybridized carbons (Fsp3) is 0.640. The van der Waals surface area contributed by atoms with Crippen molar-refractivity contribution in [3.05, 3.63) is 23.8 Å². The second-order valence-corrected chi connectivity index (χ2v) is 8.83. The van der Waals surface area contributed by atoms with Crippen molar-refractivity contribution in [1.29, 1.82) is 5.26 Å². The number of rotatable bonds is 9. The fourth-order valence-electron chi connectivity index (χ4n) is 4.96. The van der Waals surface area contributed by atoms with E-state index in [4.69, 9.17) is 9.47 Å². The van der Waals surface area contributed by atoms with Gasteiger partial charge in [0.2, 0.25) is 11.8 Å². The van der Waals surface area contributed by atoms with Crippen molar-refractivity contribution in [1.82, 2.24) is 10.2 Å². The summed E-state index contributed by atoms with van der Waals surface area (Å²) in [5, 5.41) is 12.5. The van der Waals surface area contributed by atoms with Gasteiger partial charge in [0.1, 0.15) is 12.1 Å². The second-order valence-electron chi connectivity index (χ2n) is 8.83. The number of hydrogen-bond donors (Lipinski definition) is 1. The number of nitrogens with one attached hydrogen (secondary N) is 1. The van der Waals surface area contributed by atoms with Gasteiger partial charge in [-0.25, -0.2) is 0 Å². The minimum atomic E-state index is -0.828. The number of nitrogens with zero attached hydrogens (tertiary/aromatic N) is 2. The van der Waals surface area contributed by atoms with Gasteiger partial charge >= 0.3 is 0 Å². The Bertz CT molecular complexity index is 829. The Morgan fingerprint density at radius 1 is 1.12 bits per heavy atom. The molecule has 2 atom stereocenters. The van der Waals surface area contributed by atoms with E-state index in [-0.39, 0.29) is 11.8 Å². The molecule has 7 heteroatoms. The monoisotopic (exact) mass is 441 g/mol. The lowest BCUT2D eigenvalue weighted by molar-refractivity contribution is -0.138. The standard InChI is InChI=1S/C25H35N3O4/c1-31-22-14-13-19(16-23(22)32-2)20(17-26)27-25(30)21-11-7-15-28(21)24(29)12-6-10-18-8-4-3-5-9-18/h13-14,16,18,20-21H,3-12,15H2,1-2H3,(H,27,30)/t20?,21-/m0/s1. The van der Waals surface area contributed by atoms with Crippen LogP contribution in [0, 0.1) is 17.2 Å². The van der Waals surface area contributed by atoms with Crippen molar-refractivity contribution in [3.63, 3.8) is 0 Å². The van der Waals surface area contributed by atoms with Gasteiger partial charge in [-0.3, -0.25) is 9.59 Å². The lowest BCUT2D eigenvalue weighted by Crippen LogP contribution is -2.46. The SMILES string of the molecule is COc1ccc(C(C#N)NC(=O)[C@@H]2CCCN2C(=O)CCCC2CCCCC2)cc1OC. The first kappa shape index (κ1) is 23.9. The molecular formula is C25H35N3O4. The van der Waals surface area contributed by atoms with E-state index in [2.05, 4.69) is 11.4 Å². The highest BCUT2D eigenvalue weighted by Crippen LogP contribution is 2.31. The molecule has 0 aromatic heterocycles. The lowest BCUT2D eigenvalue weighted by Gasteiger charge is -2.26. The van der Waals surface area contributed by atoms with Gasteiger partial charge in [0, 0.05) is 13.0 Å². The minimum Gasteiger partial charge on any atom is -0.493 e. The summed E-state index contributed by atoms with van der Waals surface area (Å²) in [5.74, 6) is 1.59. The Morgan fingerprint density at radius 3 is 2.56 bits per heavy atom. The number of amides is 2. The minimum absolute atomic E-state index is 0.0538. The third-order valence-corrected chi connectivity index (χ3v) is 6.76. The quantitative estimate of drug-likeness (QED) is 0.622. The molecule has 1 aliphatic carbocycles. The molecule has 0 bridgehead atoms. The average Bonchev–Trinajstić information content (AvgIpc) is 3.33. The van der Waals surface area contributed by atoms with E-state index in [9.17, 15) is 14.9 Å². The van der Waals surface area contributed by atoms with E-state index < -0.39 is 12.1 Å². The van der Waals surface area contributed by atoms with Gasteiger partial charge in [-0.15, -0.1) is 0 Å². The van der Waals surface area contributed by atoms with Crippen molar-refractivity contribution >= 4 is 11.8 Å². The van der Waals surface area contributed by atoms with Crippen LogP contribution >= 0.6 is 0 Å². The topological polar surface area (TPSA) is 91.7 Å². The Balaban J connectivity index is 1.56. The first-order valence-corrected chi connectivity index (χ1v) is 11.8. The van der Waals surface area contributed by atoms with Crippen LogP contribution in [-0.4, -0.2) is 43.5 Å². The van der Waals surface area contributed by atoms with Crippen molar-refractivity contribution < 1.29 is 19.1 Å². The molecule has 2 aliphatic rings. The van der Waals surface area contributed by atoms with E-state index >= 15 is 0 Å². The molecule has 174 valence electrons. The largest absolute Gasteiger partial charge is 0.493 e. The Labute approximate surface area is 191 Å². The molecule has 1 unspecified atom stereocenters. The second kappa shape index (κ2) is 11.8. The molecular weight excluding hydrogens is 406 g/mol. The highest BCUT2D eigenvalue weighted by Gasteiger charge is 2.35. The van der Waals surface area contributed by atoms with Crippen molar-refractivity contribution in [2.75, 3.05) is 20.8 Å². The van der Waals surface area contributed by atoms with E-state index in [0.29, 0.717) is 36.4 Å². The number of ether oxygens (including phenoxy) is 2. The van der Waals surface area contributed by atoms with Gasteiger partial charge in [-0.2, -0.15) is 5.26 Å². The lowest BCUT2D eigenvalue weighted by atomic mass is 9.86. The third kappa shape index (κ3) is 5.93. The third-order valence-electron chi connectivity index (χ3n) is 6.76. The van der Waals surface area contributed by atoms with Gasteiger partial charge in [0.05, 0.1) is 20.3 Å². The highest BCUT2D eigenvalue weighted by molar-refractivity contribution is 5.88.